The maximum atomic E-state index is 13.6. The Labute approximate surface area is 260 Å². The number of carboxylic acids is 1. The van der Waals surface area contributed by atoms with E-state index in [1.807, 2.05) is 6.92 Å². The fraction of sp³-hybridized carbons (Fsp3) is 0.967. The first-order chi connectivity index (χ1) is 20.7. The quantitative estimate of drug-likeness (QED) is 0.0420. The summed E-state index contributed by atoms with van der Waals surface area (Å²) in [6.07, 6.45) is -9.29. The van der Waals surface area contributed by atoms with Crippen molar-refractivity contribution >= 4 is 5.97 Å². The zero-order valence-electron chi connectivity index (χ0n) is 26.1. The van der Waals surface area contributed by atoms with E-state index < -0.39 is 137 Å². The number of rotatable bonds is 28. The first-order valence-electron chi connectivity index (χ1n) is 15.7. The molecule has 264 valence electrons. The van der Waals surface area contributed by atoms with E-state index in [0.29, 0.717) is 12.8 Å². The average molecular weight is 645 g/mol. The summed E-state index contributed by atoms with van der Waals surface area (Å²) >= 11 is 0. The number of carbonyl (C=O) groups is 1. The highest BCUT2D eigenvalue weighted by atomic mass is 16.4. The molecule has 0 saturated heterocycles. The molecule has 0 heterocycles. The van der Waals surface area contributed by atoms with Crippen LogP contribution in [-0.4, -0.2) is 149 Å². The first-order valence-corrected chi connectivity index (χ1v) is 15.7. The van der Waals surface area contributed by atoms with Crippen molar-refractivity contribution in [3.63, 3.8) is 0 Å². The molecule has 6 atom stereocenters. The lowest BCUT2D eigenvalue weighted by atomic mass is 9.41. The maximum absolute atomic E-state index is 13.6. The zero-order chi connectivity index (χ0) is 34.0. The number of hydrogen-bond donors (Lipinski definition) is 13. The summed E-state index contributed by atoms with van der Waals surface area (Å²) in [6.45, 7) is -3.27. The lowest BCUT2D eigenvalue weighted by molar-refractivity contribution is -0.215. The SMILES string of the molecule is CCCCCCCCC(CC(O)CO)(CC(O)CO)C(CC(O)CO)(CC(O)CO)C(CC(O)CO)(CC(O)CO)C(=O)O. The van der Waals surface area contributed by atoms with E-state index in [0.717, 1.165) is 25.7 Å². The van der Waals surface area contributed by atoms with Crippen LogP contribution < -0.4 is 0 Å². The molecule has 0 spiro atoms. The number of aliphatic carboxylic acids is 1. The second kappa shape index (κ2) is 21.7. The van der Waals surface area contributed by atoms with Gasteiger partial charge in [-0.05, 0) is 55.8 Å². The lowest BCUT2D eigenvalue weighted by Gasteiger charge is -2.62. The molecule has 0 aromatic carbocycles. The summed E-state index contributed by atoms with van der Waals surface area (Å²) in [5.74, 6) is -1.68. The van der Waals surface area contributed by atoms with Crippen LogP contribution in [0.15, 0.2) is 0 Å². The van der Waals surface area contributed by atoms with Gasteiger partial charge in [0.2, 0.25) is 0 Å². The molecule has 0 saturated carbocycles. The molecule has 0 radical (unpaired) electrons. The fourth-order valence-corrected chi connectivity index (χ4v) is 7.33. The summed E-state index contributed by atoms with van der Waals surface area (Å²) in [4.78, 5) is 13.6. The van der Waals surface area contributed by atoms with Gasteiger partial charge in [0, 0.05) is 0 Å². The molecule has 0 rings (SSSR count). The van der Waals surface area contributed by atoms with Crippen molar-refractivity contribution in [3.8, 4) is 0 Å². The molecule has 44 heavy (non-hydrogen) atoms. The van der Waals surface area contributed by atoms with Crippen molar-refractivity contribution in [3.05, 3.63) is 0 Å². The van der Waals surface area contributed by atoms with Crippen LogP contribution in [0.4, 0.5) is 0 Å². The van der Waals surface area contributed by atoms with Crippen molar-refractivity contribution in [1.29, 1.82) is 0 Å². The normalized spacial score (nSPS) is 20.5. The van der Waals surface area contributed by atoms with Crippen LogP contribution >= 0.6 is 0 Å². The highest BCUT2D eigenvalue weighted by Crippen LogP contribution is 2.66. The van der Waals surface area contributed by atoms with E-state index in [1.54, 1.807) is 0 Å². The van der Waals surface area contributed by atoms with Gasteiger partial charge >= 0.3 is 5.97 Å². The van der Waals surface area contributed by atoms with Gasteiger partial charge in [-0.1, -0.05) is 45.4 Å². The molecule has 14 nitrogen and oxygen atoms in total. The minimum atomic E-state index is -2.46. The highest BCUT2D eigenvalue weighted by Gasteiger charge is 2.67. The lowest BCUT2D eigenvalue weighted by Crippen LogP contribution is -2.63. The molecule has 14 heteroatoms. The minimum absolute atomic E-state index is 0.0109. The second-order valence-electron chi connectivity index (χ2n) is 12.5. The number of carboxylic acid groups (broad SMARTS) is 1. The van der Waals surface area contributed by atoms with Gasteiger partial charge in [0.1, 0.15) is 0 Å². The van der Waals surface area contributed by atoms with Crippen molar-refractivity contribution in [2.45, 2.75) is 127 Å². The standard InChI is InChI=1S/C30H60O14/c1-2-3-4-5-6-7-8-28(9-21(37)15-31,10-22(38)16-32)30(13-25(41)19-35,14-26(42)20-36)29(27(43)44,11-23(39)17-33)12-24(40)18-34/h21-26,31-42H,2-20H2,1H3,(H,43,44). The molecule has 0 fully saturated rings. The molecule has 13 N–H and O–H groups in total. The van der Waals surface area contributed by atoms with E-state index in [-0.39, 0.29) is 6.42 Å². The van der Waals surface area contributed by atoms with E-state index >= 15 is 0 Å². The van der Waals surface area contributed by atoms with Crippen molar-refractivity contribution in [1.82, 2.24) is 0 Å². The Hall–Kier alpha value is -1.01. The van der Waals surface area contributed by atoms with E-state index in [2.05, 4.69) is 0 Å². The molecular weight excluding hydrogens is 584 g/mol. The van der Waals surface area contributed by atoms with Gasteiger partial charge in [-0.25, -0.2) is 0 Å². The predicted molar refractivity (Wildman–Crippen MR) is 159 cm³/mol. The Balaban J connectivity index is 8.15. The third-order valence-electron chi connectivity index (χ3n) is 9.20. The Bertz CT molecular complexity index is 717. The van der Waals surface area contributed by atoms with Gasteiger partial charge < -0.3 is 66.4 Å². The fourth-order valence-electron chi connectivity index (χ4n) is 7.33. The first kappa shape index (κ1) is 43.0. The van der Waals surface area contributed by atoms with E-state index in [9.17, 15) is 71.2 Å². The Kier molecular flexibility index (Phi) is 21.2. The van der Waals surface area contributed by atoms with Gasteiger partial charge in [0.25, 0.3) is 0 Å². The van der Waals surface area contributed by atoms with Gasteiger partial charge in [-0.15, -0.1) is 0 Å². The molecule has 0 aliphatic rings. The summed E-state index contributed by atoms with van der Waals surface area (Å²) in [6, 6.07) is 0. The summed E-state index contributed by atoms with van der Waals surface area (Å²) < 4.78 is 0. The molecule has 0 aromatic heterocycles. The van der Waals surface area contributed by atoms with Crippen LogP contribution in [0, 0.1) is 16.2 Å². The van der Waals surface area contributed by atoms with Gasteiger partial charge in [-0.3, -0.25) is 4.79 Å². The number of aliphatic hydroxyl groups is 12. The van der Waals surface area contributed by atoms with Crippen LogP contribution in [0.25, 0.3) is 0 Å². The van der Waals surface area contributed by atoms with Crippen molar-refractivity contribution in [2.24, 2.45) is 16.2 Å². The van der Waals surface area contributed by atoms with Gasteiger partial charge in [0.15, 0.2) is 0 Å². The van der Waals surface area contributed by atoms with E-state index in [4.69, 9.17) is 0 Å². The molecule has 6 unspecified atom stereocenters. The smallest absolute Gasteiger partial charge is 0.310 e. The maximum Gasteiger partial charge on any atom is 0.310 e. The third-order valence-corrected chi connectivity index (χ3v) is 9.20. The van der Waals surface area contributed by atoms with Crippen LogP contribution in [0.5, 0.6) is 0 Å². The topological polar surface area (TPSA) is 280 Å². The highest BCUT2D eigenvalue weighted by molar-refractivity contribution is 5.76. The third kappa shape index (κ3) is 12.0. The molecule has 0 aliphatic heterocycles. The summed E-state index contributed by atoms with van der Waals surface area (Å²) in [7, 11) is 0. The van der Waals surface area contributed by atoms with Gasteiger partial charge in [-0.2, -0.15) is 0 Å². The average Bonchev–Trinajstić information content (AvgIpc) is 3.00. The van der Waals surface area contributed by atoms with Crippen LogP contribution in [-0.2, 0) is 4.79 Å². The molecule has 0 amide bonds. The largest absolute Gasteiger partial charge is 0.481 e. The molecular formula is C30H60O14. The zero-order valence-corrected chi connectivity index (χ0v) is 26.1. The number of aliphatic hydroxyl groups excluding tert-OH is 12. The van der Waals surface area contributed by atoms with Gasteiger partial charge in [0.05, 0.1) is 81.7 Å². The summed E-state index contributed by atoms with van der Waals surface area (Å²) in [5, 5.41) is 136. The van der Waals surface area contributed by atoms with E-state index in [1.165, 1.54) is 0 Å². The molecule has 0 aromatic rings. The number of unbranched alkanes of at least 4 members (excludes halogenated alkanes) is 5. The molecule has 0 bridgehead atoms. The molecule has 0 aliphatic carbocycles. The minimum Gasteiger partial charge on any atom is -0.481 e. The Morgan fingerprint density at radius 2 is 0.818 bits per heavy atom. The number of hydrogen-bond acceptors (Lipinski definition) is 13. The van der Waals surface area contributed by atoms with Crippen LogP contribution in [0.2, 0.25) is 0 Å². The predicted octanol–water partition coefficient (Wildman–Crippen LogP) is -1.76. The van der Waals surface area contributed by atoms with Crippen LogP contribution in [0.1, 0.15) is 90.4 Å². The van der Waals surface area contributed by atoms with Crippen molar-refractivity contribution < 1.29 is 71.2 Å². The Morgan fingerprint density at radius 1 is 0.500 bits per heavy atom. The summed E-state index contributed by atoms with van der Waals surface area (Å²) in [5.41, 5.74) is -6.33. The van der Waals surface area contributed by atoms with Crippen molar-refractivity contribution in [2.75, 3.05) is 39.6 Å². The monoisotopic (exact) mass is 644 g/mol. The second-order valence-corrected chi connectivity index (χ2v) is 12.5. The van der Waals surface area contributed by atoms with Crippen LogP contribution in [0.3, 0.4) is 0 Å². The Morgan fingerprint density at radius 3 is 1.16 bits per heavy atom.